The van der Waals surface area contributed by atoms with Gasteiger partial charge in [-0.1, -0.05) is 42.5 Å². The van der Waals surface area contributed by atoms with E-state index in [-0.39, 0.29) is 37.0 Å². The van der Waals surface area contributed by atoms with E-state index in [4.69, 9.17) is 4.74 Å². The number of halogens is 2. The Morgan fingerprint density at radius 2 is 1.73 bits per heavy atom. The maximum Gasteiger partial charge on any atom is 0.341 e. The van der Waals surface area contributed by atoms with E-state index >= 15 is 0 Å². The Bertz CT molecular complexity index is 818. The van der Waals surface area contributed by atoms with E-state index in [1.54, 1.807) is 0 Å². The summed E-state index contributed by atoms with van der Waals surface area (Å²) in [5, 5.41) is 16.0. The zero-order valence-electron chi connectivity index (χ0n) is 17.1. The second kappa shape index (κ2) is 12.3. The van der Waals surface area contributed by atoms with Crippen LogP contribution in [0.25, 0.3) is 0 Å². The normalized spacial score (nSPS) is 11.9. The lowest BCUT2D eigenvalue weighted by Gasteiger charge is -2.28. The number of carbonyl (C=O) groups is 2. The van der Waals surface area contributed by atoms with E-state index in [1.165, 1.54) is 24.3 Å². The Morgan fingerprint density at radius 3 is 2.40 bits per heavy atom. The first-order chi connectivity index (χ1) is 13.8. The van der Waals surface area contributed by atoms with Gasteiger partial charge in [-0.15, -0.1) is 12.4 Å². The van der Waals surface area contributed by atoms with Gasteiger partial charge in [0.2, 0.25) is 5.91 Å². The van der Waals surface area contributed by atoms with Crippen LogP contribution in [0.5, 0.6) is 0 Å². The topological polar surface area (TPSA) is 87.7 Å². The number of hydrogen-bond acceptors (Lipinski definition) is 5. The van der Waals surface area contributed by atoms with Gasteiger partial charge >= 0.3 is 5.97 Å². The van der Waals surface area contributed by atoms with E-state index in [2.05, 4.69) is 10.6 Å². The maximum atomic E-state index is 13.5. The average Bonchev–Trinajstić information content (AvgIpc) is 2.70. The number of benzene rings is 2. The van der Waals surface area contributed by atoms with E-state index in [0.29, 0.717) is 13.0 Å². The first kappa shape index (κ1) is 25.6. The monoisotopic (exact) mass is 438 g/mol. The lowest BCUT2D eigenvalue weighted by atomic mass is 10.0. The highest BCUT2D eigenvalue weighted by Crippen LogP contribution is 2.08. The zero-order valence-corrected chi connectivity index (χ0v) is 17.9. The van der Waals surface area contributed by atoms with E-state index in [1.807, 2.05) is 44.2 Å². The summed E-state index contributed by atoms with van der Waals surface area (Å²) in [4.78, 5) is 23.9. The molecule has 2 aromatic rings. The summed E-state index contributed by atoms with van der Waals surface area (Å²) in [6.45, 7) is 4.00. The second-order valence-corrected chi connectivity index (χ2v) is 7.44. The Morgan fingerprint density at radius 1 is 1.10 bits per heavy atom. The van der Waals surface area contributed by atoms with Gasteiger partial charge in [-0.3, -0.25) is 4.79 Å². The molecule has 0 heterocycles. The molecule has 6 nitrogen and oxygen atoms in total. The number of hydrogen-bond donors (Lipinski definition) is 3. The Labute approximate surface area is 182 Å². The number of esters is 1. The summed E-state index contributed by atoms with van der Waals surface area (Å²) in [7, 11) is 0. The largest absolute Gasteiger partial charge is 0.459 e. The average molecular weight is 439 g/mol. The van der Waals surface area contributed by atoms with Crippen LogP contribution in [0.4, 0.5) is 4.39 Å². The van der Waals surface area contributed by atoms with Crippen LogP contribution in [0.2, 0.25) is 0 Å². The molecule has 0 aromatic heterocycles. The van der Waals surface area contributed by atoms with Crippen LogP contribution in [-0.4, -0.2) is 48.3 Å². The van der Waals surface area contributed by atoms with E-state index in [9.17, 15) is 19.1 Å². The van der Waals surface area contributed by atoms with E-state index in [0.717, 1.165) is 5.56 Å². The molecule has 0 aliphatic rings. The first-order valence-electron chi connectivity index (χ1n) is 9.42. The number of ether oxygens (including phenoxy) is 1. The molecule has 164 valence electrons. The van der Waals surface area contributed by atoms with Crippen LogP contribution in [0.1, 0.15) is 29.8 Å². The van der Waals surface area contributed by atoms with Gasteiger partial charge in [0.25, 0.3) is 0 Å². The van der Waals surface area contributed by atoms with Gasteiger partial charge in [0.05, 0.1) is 12.0 Å². The van der Waals surface area contributed by atoms with Crippen LogP contribution in [0.3, 0.4) is 0 Å². The lowest BCUT2D eigenvalue weighted by Crippen LogP contribution is -2.51. The van der Waals surface area contributed by atoms with Crippen molar-refractivity contribution in [1.82, 2.24) is 10.6 Å². The fourth-order valence-electron chi connectivity index (χ4n) is 2.56. The number of β-amino-alcohol motifs (C(OH)–C–C–N with tert-alkyl or cyclic N) is 1. The van der Waals surface area contributed by atoms with Crippen molar-refractivity contribution < 1.29 is 23.8 Å². The minimum absolute atomic E-state index is 0. The predicted molar refractivity (Wildman–Crippen MR) is 115 cm³/mol. The van der Waals surface area contributed by atoms with Crippen LogP contribution < -0.4 is 10.6 Å². The fourth-order valence-corrected chi connectivity index (χ4v) is 2.56. The van der Waals surface area contributed by atoms with Crippen molar-refractivity contribution in [2.24, 2.45) is 0 Å². The van der Waals surface area contributed by atoms with Crippen molar-refractivity contribution in [3.05, 3.63) is 71.5 Å². The minimum atomic E-state index is -0.968. The molecule has 8 heteroatoms. The molecular weight excluding hydrogens is 411 g/mol. The molecule has 0 fully saturated rings. The SMILES string of the molecule is CC(C)(CNC(=O)Cc1ccccc1)NCC(O)COC(=O)c1ccccc1F.Cl. The summed E-state index contributed by atoms with van der Waals surface area (Å²) in [5.41, 5.74) is 0.278. The number of aliphatic hydroxyl groups excluding tert-OH is 1. The molecule has 1 amide bonds. The second-order valence-electron chi connectivity index (χ2n) is 7.44. The molecule has 0 spiro atoms. The number of amides is 1. The molecule has 2 rings (SSSR count). The molecule has 0 saturated heterocycles. The Kier molecular flexibility index (Phi) is 10.5. The summed E-state index contributed by atoms with van der Waals surface area (Å²) in [5.74, 6) is -1.59. The third kappa shape index (κ3) is 8.90. The van der Waals surface area contributed by atoms with Crippen LogP contribution in [0, 0.1) is 5.82 Å². The molecule has 1 unspecified atom stereocenters. The highest BCUT2D eigenvalue weighted by atomic mass is 35.5. The summed E-state index contributed by atoms with van der Waals surface area (Å²) < 4.78 is 18.5. The van der Waals surface area contributed by atoms with Crippen molar-refractivity contribution in [1.29, 1.82) is 0 Å². The van der Waals surface area contributed by atoms with Crippen molar-refractivity contribution in [2.75, 3.05) is 19.7 Å². The molecule has 30 heavy (non-hydrogen) atoms. The lowest BCUT2D eigenvalue weighted by molar-refractivity contribution is -0.120. The highest BCUT2D eigenvalue weighted by molar-refractivity contribution is 5.89. The van der Waals surface area contributed by atoms with Crippen molar-refractivity contribution in [3.63, 3.8) is 0 Å². The molecule has 0 saturated carbocycles. The van der Waals surface area contributed by atoms with Crippen LogP contribution in [-0.2, 0) is 16.0 Å². The molecule has 0 bridgehead atoms. The Balaban J connectivity index is 0.00000450. The number of rotatable bonds is 10. The van der Waals surface area contributed by atoms with Crippen molar-refractivity contribution in [2.45, 2.75) is 31.9 Å². The predicted octanol–water partition coefficient (Wildman–Crippen LogP) is 2.49. The van der Waals surface area contributed by atoms with Crippen LogP contribution >= 0.6 is 12.4 Å². The third-order valence-corrected chi connectivity index (χ3v) is 4.25. The molecule has 3 N–H and O–H groups in total. The maximum absolute atomic E-state index is 13.5. The van der Waals surface area contributed by atoms with Gasteiger partial charge in [-0.25, -0.2) is 9.18 Å². The van der Waals surface area contributed by atoms with Gasteiger partial charge in [0.1, 0.15) is 18.5 Å². The summed E-state index contributed by atoms with van der Waals surface area (Å²) in [6.07, 6.45) is -0.670. The van der Waals surface area contributed by atoms with Gasteiger partial charge in [0.15, 0.2) is 0 Å². The molecule has 0 aliphatic heterocycles. The number of aliphatic hydroxyl groups is 1. The van der Waals surface area contributed by atoms with Gasteiger partial charge in [-0.2, -0.15) is 0 Å². The first-order valence-corrected chi connectivity index (χ1v) is 9.42. The molecule has 1 atom stereocenters. The summed E-state index contributed by atoms with van der Waals surface area (Å²) >= 11 is 0. The number of nitrogens with one attached hydrogen (secondary N) is 2. The number of carbonyl (C=O) groups excluding carboxylic acids is 2. The van der Waals surface area contributed by atoms with Gasteiger partial charge < -0.3 is 20.5 Å². The standard InChI is InChI=1S/C22H27FN2O4.ClH/c1-22(2,15-24-20(27)12-16-8-4-3-5-9-16)25-13-17(26)14-29-21(28)18-10-6-7-11-19(18)23;/h3-11,17,25-26H,12-15H2,1-2H3,(H,24,27);1H. The third-order valence-electron chi connectivity index (χ3n) is 4.25. The highest BCUT2D eigenvalue weighted by Gasteiger charge is 2.21. The molecule has 2 aromatic carbocycles. The van der Waals surface area contributed by atoms with E-state index < -0.39 is 23.4 Å². The van der Waals surface area contributed by atoms with Crippen molar-refractivity contribution >= 4 is 24.3 Å². The van der Waals surface area contributed by atoms with Crippen molar-refractivity contribution in [3.8, 4) is 0 Å². The van der Waals surface area contributed by atoms with Crippen LogP contribution in [0.15, 0.2) is 54.6 Å². The van der Waals surface area contributed by atoms with Gasteiger partial charge in [0, 0.05) is 18.6 Å². The fraction of sp³-hybridized carbons (Fsp3) is 0.364. The molecular formula is C22H28ClFN2O4. The quantitative estimate of drug-likeness (QED) is 0.496. The molecule has 0 aliphatic carbocycles. The smallest absolute Gasteiger partial charge is 0.341 e. The minimum Gasteiger partial charge on any atom is -0.459 e. The van der Waals surface area contributed by atoms with Gasteiger partial charge in [-0.05, 0) is 31.5 Å². The Hall–Kier alpha value is -2.48. The molecule has 0 radical (unpaired) electrons. The summed E-state index contributed by atoms with van der Waals surface area (Å²) in [6, 6.07) is 14.9. The zero-order chi connectivity index (χ0) is 21.3.